The Morgan fingerprint density at radius 2 is 1.72 bits per heavy atom. The van der Waals surface area contributed by atoms with E-state index in [4.69, 9.17) is 18.9 Å². The summed E-state index contributed by atoms with van der Waals surface area (Å²) in [4.78, 5) is 69.3. The largest absolute Gasteiger partial charge is 0.457 e. The van der Waals surface area contributed by atoms with Gasteiger partial charge in [-0.25, -0.2) is 4.79 Å². The Balaban J connectivity index is 1.46. The number of ketones is 2. The van der Waals surface area contributed by atoms with E-state index in [-0.39, 0.29) is 30.8 Å². The number of amides is 1. The Kier molecular flexibility index (Phi) is 14.4. The molecule has 2 aromatic heterocycles. The Hall–Kier alpha value is -4.04. The van der Waals surface area contributed by atoms with E-state index in [1.54, 1.807) is 50.5 Å². The number of aliphatic hydroxyl groups excluding tert-OH is 1. The first kappa shape index (κ1) is 45.1. The lowest BCUT2D eigenvalue weighted by molar-refractivity contribution is -0.284. The Labute approximate surface area is 343 Å². The van der Waals surface area contributed by atoms with Crippen LogP contribution in [0.2, 0.25) is 0 Å². The van der Waals surface area contributed by atoms with Gasteiger partial charge in [0.2, 0.25) is 0 Å². The van der Waals surface area contributed by atoms with Crippen LogP contribution in [0.15, 0.2) is 55.6 Å². The number of cyclic esters (lactones) is 1. The average Bonchev–Trinajstić information content (AvgIpc) is 3.49. The van der Waals surface area contributed by atoms with Crippen molar-refractivity contribution in [1.82, 2.24) is 19.8 Å². The van der Waals surface area contributed by atoms with Crippen molar-refractivity contribution in [2.24, 2.45) is 35.0 Å². The standard InChI is InChI=1S/C45H64N4O9/c1-12-35-45(13-2)39(49(43(54)58-45)18-17-48(11)25-32-20-34(24-47-22-32)33-15-14-16-46-23-33)29(6)36(50)27(4)21-44(9,10)40(30(7)38(52)31(8)41(53)56-35)57-42-37(51)26(3)19-28(5)55-42/h13-16,20,22-24,26-31,35,37,39-40,42,51H,2,12,17-19,21,25H2,1,3-11H3/t26-,27+,28+,29-,30-,31+,35+,37+,39+,40+,42-,45+/m0/s1. The van der Waals surface area contributed by atoms with Crippen LogP contribution in [0.3, 0.4) is 0 Å². The summed E-state index contributed by atoms with van der Waals surface area (Å²) in [6, 6.07) is 5.03. The first-order valence-corrected chi connectivity index (χ1v) is 20.8. The number of aromatic nitrogens is 2. The molecular formula is C45H64N4O9. The molecule has 318 valence electrons. The Morgan fingerprint density at radius 3 is 2.38 bits per heavy atom. The number of hydrogen-bond acceptors (Lipinski definition) is 12. The van der Waals surface area contributed by atoms with Gasteiger partial charge in [-0.2, -0.15) is 0 Å². The number of nitrogens with zero attached hydrogens (tertiary/aromatic N) is 4. The van der Waals surface area contributed by atoms with E-state index in [0.29, 0.717) is 25.9 Å². The molecule has 3 fully saturated rings. The molecule has 5 rings (SSSR count). The molecule has 0 spiro atoms. The molecule has 2 aromatic rings. The predicted octanol–water partition coefficient (Wildman–Crippen LogP) is 6.27. The van der Waals surface area contributed by atoms with E-state index >= 15 is 0 Å². The van der Waals surface area contributed by atoms with Gasteiger partial charge in [0, 0.05) is 73.3 Å². The molecule has 0 aliphatic carbocycles. The van der Waals surface area contributed by atoms with Gasteiger partial charge in [-0.05, 0) is 75.3 Å². The van der Waals surface area contributed by atoms with Crippen molar-refractivity contribution in [2.75, 3.05) is 20.1 Å². The molecule has 0 bridgehead atoms. The number of ether oxygens (including phenoxy) is 4. The summed E-state index contributed by atoms with van der Waals surface area (Å²) in [6.45, 7) is 21.6. The quantitative estimate of drug-likeness (QED) is 0.163. The van der Waals surface area contributed by atoms with Crippen molar-refractivity contribution in [3.63, 3.8) is 0 Å². The van der Waals surface area contributed by atoms with Crippen LogP contribution in [-0.4, -0.2) is 111 Å². The summed E-state index contributed by atoms with van der Waals surface area (Å²) < 4.78 is 25.0. The van der Waals surface area contributed by atoms with E-state index in [1.165, 1.54) is 13.0 Å². The minimum Gasteiger partial charge on any atom is -0.457 e. The maximum atomic E-state index is 14.7. The van der Waals surface area contributed by atoms with Gasteiger partial charge in [0.15, 0.2) is 17.7 Å². The Morgan fingerprint density at radius 1 is 1.02 bits per heavy atom. The van der Waals surface area contributed by atoms with E-state index in [9.17, 15) is 24.3 Å². The van der Waals surface area contributed by atoms with Gasteiger partial charge in [-0.15, -0.1) is 0 Å². The normalized spacial score (nSPS) is 34.9. The maximum Gasteiger partial charge on any atom is 0.411 e. The van der Waals surface area contributed by atoms with Gasteiger partial charge >= 0.3 is 12.1 Å². The fourth-order valence-electron chi connectivity index (χ4n) is 9.54. The fraction of sp³-hybridized carbons (Fsp3) is 0.644. The average molecular weight is 805 g/mol. The Bertz CT molecular complexity index is 1790. The number of fused-ring (bicyclic) bond motifs is 1. The second kappa shape index (κ2) is 18.5. The fourth-order valence-corrected chi connectivity index (χ4v) is 9.54. The number of esters is 1. The third kappa shape index (κ3) is 9.38. The molecule has 3 aliphatic heterocycles. The zero-order valence-corrected chi connectivity index (χ0v) is 35.9. The molecular weight excluding hydrogens is 741 g/mol. The van der Waals surface area contributed by atoms with Crippen LogP contribution in [0, 0.1) is 35.0 Å². The number of hydrogen-bond donors (Lipinski definition) is 1. The van der Waals surface area contributed by atoms with Crippen LogP contribution < -0.4 is 0 Å². The maximum absolute atomic E-state index is 14.7. The van der Waals surface area contributed by atoms with Gasteiger partial charge in [0.05, 0.1) is 18.2 Å². The highest BCUT2D eigenvalue weighted by Gasteiger charge is 2.61. The lowest BCUT2D eigenvalue weighted by Gasteiger charge is -2.45. The first-order valence-electron chi connectivity index (χ1n) is 20.8. The number of pyridine rings is 2. The summed E-state index contributed by atoms with van der Waals surface area (Å²) in [5.74, 6) is -4.79. The van der Waals surface area contributed by atoms with Crippen molar-refractivity contribution < 1.29 is 43.2 Å². The number of carbonyl (C=O) groups is 4. The summed E-state index contributed by atoms with van der Waals surface area (Å²) in [6.07, 6.45) is 5.12. The third-order valence-electron chi connectivity index (χ3n) is 12.6. The van der Waals surface area contributed by atoms with Crippen molar-refractivity contribution in [2.45, 2.75) is 130 Å². The molecule has 13 nitrogen and oxygen atoms in total. The van der Waals surface area contributed by atoms with Crippen LogP contribution in [0.5, 0.6) is 0 Å². The second-order valence-electron chi connectivity index (χ2n) is 17.7. The van der Waals surface area contributed by atoms with E-state index < -0.39 is 83.2 Å². The van der Waals surface area contributed by atoms with Gasteiger partial charge in [0.25, 0.3) is 0 Å². The van der Waals surface area contributed by atoms with Gasteiger partial charge < -0.3 is 29.0 Å². The number of Topliss-reactive ketones (excluding diaryl/α,β-unsaturated/α-hetero) is 2. The van der Waals surface area contributed by atoms with Crippen molar-refractivity contribution in [1.29, 1.82) is 0 Å². The van der Waals surface area contributed by atoms with Crippen molar-refractivity contribution >= 4 is 23.6 Å². The van der Waals surface area contributed by atoms with Crippen LogP contribution in [-0.2, 0) is 39.9 Å². The topological polar surface area (TPSA) is 158 Å². The lowest BCUT2D eigenvalue weighted by atomic mass is 9.69. The summed E-state index contributed by atoms with van der Waals surface area (Å²) in [5.41, 5.74) is 0.458. The van der Waals surface area contributed by atoms with Crippen LogP contribution in [0.4, 0.5) is 4.79 Å². The molecule has 12 atom stereocenters. The number of rotatable bonds is 10. The minimum atomic E-state index is -1.58. The van der Waals surface area contributed by atoms with Crippen LogP contribution in [0.1, 0.15) is 87.1 Å². The lowest BCUT2D eigenvalue weighted by Crippen LogP contribution is -2.59. The molecule has 1 N–H and O–H groups in total. The van der Waals surface area contributed by atoms with E-state index in [1.807, 2.05) is 53.8 Å². The molecule has 58 heavy (non-hydrogen) atoms. The third-order valence-corrected chi connectivity index (χ3v) is 12.6. The number of aliphatic hydroxyl groups is 1. The summed E-state index contributed by atoms with van der Waals surface area (Å²) in [7, 11) is 1.94. The van der Waals surface area contributed by atoms with E-state index in [0.717, 1.165) is 16.7 Å². The molecule has 0 aromatic carbocycles. The van der Waals surface area contributed by atoms with Gasteiger partial charge in [-0.1, -0.05) is 61.1 Å². The molecule has 1 amide bonds. The zero-order chi connectivity index (χ0) is 42.7. The molecule has 0 radical (unpaired) electrons. The van der Waals surface area contributed by atoms with Crippen molar-refractivity contribution in [3.05, 3.63) is 61.2 Å². The summed E-state index contributed by atoms with van der Waals surface area (Å²) >= 11 is 0. The molecule has 0 saturated carbocycles. The monoisotopic (exact) mass is 804 g/mol. The van der Waals surface area contributed by atoms with Crippen molar-refractivity contribution in [3.8, 4) is 11.1 Å². The smallest absolute Gasteiger partial charge is 0.411 e. The van der Waals surface area contributed by atoms with Crippen LogP contribution in [0.25, 0.3) is 11.1 Å². The molecule has 3 aliphatic rings. The number of likely N-dealkylation sites (N-methyl/N-ethyl adjacent to an activating group) is 1. The van der Waals surface area contributed by atoms with Gasteiger partial charge in [-0.3, -0.25) is 29.3 Å². The molecule has 0 unspecified atom stereocenters. The second-order valence-corrected chi connectivity index (χ2v) is 17.7. The predicted molar refractivity (Wildman–Crippen MR) is 218 cm³/mol. The van der Waals surface area contributed by atoms with Gasteiger partial charge in [0.1, 0.15) is 23.9 Å². The molecule has 13 heteroatoms. The summed E-state index contributed by atoms with van der Waals surface area (Å²) in [5, 5.41) is 11.1. The van der Waals surface area contributed by atoms with Crippen LogP contribution >= 0.6 is 0 Å². The highest BCUT2D eigenvalue weighted by Crippen LogP contribution is 2.45. The SMILES string of the molecule is C=C[C@]12OC(=O)N(CCN(C)Cc3cncc(-c4cccnc4)c3)[C@@H]1[C@@H](C)C(=O)[C@H](C)CC(C)(C)[C@H](O[C@@H]1O[C@H](C)C[C@H](C)[C@H]1O)[C@@H](C)C(=O)[C@@H](C)C(=O)O[C@@H]2CC. The van der Waals surface area contributed by atoms with E-state index in [2.05, 4.69) is 27.5 Å². The zero-order valence-electron chi connectivity index (χ0n) is 35.9. The molecule has 5 heterocycles. The minimum absolute atomic E-state index is 0.104. The highest BCUT2D eigenvalue weighted by atomic mass is 16.7. The first-order chi connectivity index (χ1) is 27.3. The molecule has 3 saturated heterocycles. The highest BCUT2D eigenvalue weighted by molar-refractivity contribution is 6.00. The number of carbonyl (C=O) groups excluding carboxylic acids is 4.